The SMILES string of the molecule is CCOC(=O)c1cc(NC(=O)CC(CC(=O)O)c2ccccc2)c(F)cc1Cl. The van der Waals surface area contributed by atoms with Crippen LogP contribution in [0.2, 0.25) is 5.02 Å². The van der Waals surface area contributed by atoms with Gasteiger partial charge in [0, 0.05) is 12.3 Å². The first-order valence-corrected chi connectivity index (χ1v) is 8.92. The second-order valence-corrected chi connectivity index (χ2v) is 6.40. The minimum absolute atomic E-state index is 0.0784. The Labute approximate surface area is 166 Å². The van der Waals surface area contributed by atoms with Crippen LogP contribution in [0.25, 0.3) is 0 Å². The lowest BCUT2D eigenvalue weighted by Gasteiger charge is -2.16. The second kappa shape index (κ2) is 9.85. The largest absolute Gasteiger partial charge is 0.481 e. The number of carbonyl (C=O) groups is 3. The average molecular weight is 408 g/mol. The minimum Gasteiger partial charge on any atom is -0.481 e. The van der Waals surface area contributed by atoms with Crippen molar-refractivity contribution in [1.82, 2.24) is 0 Å². The maximum atomic E-state index is 14.2. The Morgan fingerprint density at radius 2 is 1.86 bits per heavy atom. The zero-order valence-electron chi connectivity index (χ0n) is 15.1. The Morgan fingerprint density at radius 3 is 2.46 bits per heavy atom. The number of benzene rings is 2. The van der Waals surface area contributed by atoms with Gasteiger partial charge >= 0.3 is 11.9 Å². The molecule has 1 unspecified atom stereocenters. The molecule has 0 aliphatic rings. The van der Waals surface area contributed by atoms with Crippen LogP contribution in [0, 0.1) is 5.82 Å². The van der Waals surface area contributed by atoms with E-state index in [0.29, 0.717) is 5.56 Å². The molecule has 0 saturated carbocycles. The number of ether oxygens (including phenoxy) is 1. The molecule has 28 heavy (non-hydrogen) atoms. The Bertz CT molecular complexity index is 872. The quantitative estimate of drug-likeness (QED) is 0.638. The summed E-state index contributed by atoms with van der Waals surface area (Å²) in [7, 11) is 0. The molecule has 6 nitrogen and oxygen atoms in total. The Morgan fingerprint density at radius 1 is 1.18 bits per heavy atom. The molecular formula is C20H19ClFNO5. The van der Waals surface area contributed by atoms with Crippen molar-refractivity contribution in [2.24, 2.45) is 0 Å². The number of hydrogen-bond donors (Lipinski definition) is 2. The number of amides is 1. The van der Waals surface area contributed by atoms with E-state index in [1.165, 1.54) is 0 Å². The summed E-state index contributed by atoms with van der Waals surface area (Å²) in [5.74, 6) is -3.79. The zero-order valence-corrected chi connectivity index (χ0v) is 15.8. The lowest BCUT2D eigenvalue weighted by atomic mass is 9.92. The number of rotatable bonds is 8. The van der Waals surface area contributed by atoms with Gasteiger partial charge < -0.3 is 15.2 Å². The highest BCUT2D eigenvalue weighted by molar-refractivity contribution is 6.33. The predicted octanol–water partition coefficient (Wildman–Crippen LogP) is 4.24. The van der Waals surface area contributed by atoms with Gasteiger partial charge in [0.2, 0.25) is 5.91 Å². The topological polar surface area (TPSA) is 92.7 Å². The summed E-state index contributed by atoms with van der Waals surface area (Å²) >= 11 is 5.87. The van der Waals surface area contributed by atoms with E-state index in [2.05, 4.69) is 5.32 Å². The normalized spacial score (nSPS) is 11.5. The van der Waals surface area contributed by atoms with Crippen LogP contribution in [0.3, 0.4) is 0 Å². The number of halogens is 2. The van der Waals surface area contributed by atoms with Crippen LogP contribution in [-0.2, 0) is 14.3 Å². The molecule has 2 rings (SSSR count). The fraction of sp³-hybridized carbons (Fsp3) is 0.250. The standard InChI is InChI=1S/C20H19ClFNO5/c1-2-28-20(27)14-10-17(16(22)11-15(14)21)23-18(24)8-13(9-19(25)26)12-6-4-3-5-7-12/h3-7,10-11,13H,2,8-9H2,1H3,(H,23,24)(H,25,26). The van der Waals surface area contributed by atoms with Gasteiger partial charge in [0.25, 0.3) is 0 Å². The fourth-order valence-corrected chi connectivity index (χ4v) is 2.91. The van der Waals surface area contributed by atoms with Crippen molar-refractivity contribution < 1.29 is 28.6 Å². The van der Waals surface area contributed by atoms with Crippen molar-refractivity contribution in [3.63, 3.8) is 0 Å². The van der Waals surface area contributed by atoms with Gasteiger partial charge in [-0.05, 0) is 24.6 Å². The molecule has 0 heterocycles. The lowest BCUT2D eigenvalue weighted by molar-refractivity contribution is -0.137. The molecule has 8 heteroatoms. The van der Waals surface area contributed by atoms with Crippen LogP contribution in [0.15, 0.2) is 42.5 Å². The summed E-state index contributed by atoms with van der Waals surface area (Å²) in [5.41, 5.74) is 0.369. The number of carbonyl (C=O) groups excluding carboxylic acids is 2. The summed E-state index contributed by atoms with van der Waals surface area (Å²) in [6.45, 7) is 1.73. The lowest BCUT2D eigenvalue weighted by Crippen LogP contribution is -2.19. The fourth-order valence-electron chi connectivity index (χ4n) is 2.68. The van der Waals surface area contributed by atoms with Crippen molar-refractivity contribution in [1.29, 1.82) is 0 Å². The van der Waals surface area contributed by atoms with E-state index in [4.69, 9.17) is 21.4 Å². The molecule has 0 aromatic heterocycles. The average Bonchev–Trinajstić information content (AvgIpc) is 2.64. The molecule has 0 aliphatic heterocycles. The predicted molar refractivity (Wildman–Crippen MR) is 102 cm³/mol. The maximum absolute atomic E-state index is 14.2. The minimum atomic E-state index is -1.05. The zero-order chi connectivity index (χ0) is 20.7. The van der Waals surface area contributed by atoms with Crippen molar-refractivity contribution >= 4 is 35.1 Å². The number of carboxylic acids is 1. The summed E-state index contributed by atoms with van der Waals surface area (Å²) in [5, 5.41) is 11.4. The molecule has 148 valence electrons. The number of anilines is 1. The third-order valence-electron chi connectivity index (χ3n) is 3.95. The van der Waals surface area contributed by atoms with Gasteiger partial charge in [-0.2, -0.15) is 0 Å². The molecule has 0 aliphatic carbocycles. The maximum Gasteiger partial charge on any atom is 0.339 e. The van der Waals surface area contributed by atoms with Crippen LogP contribution in [0.1, 0.15) is 41.6 Å². The summed E-state index contributed by atoms with van der Waals surface area (Å²) in [4.78, 5) is 35.4. The monoisotopic (exact) mass is 407 g/mol. The van der Waals surface area contributed by atoms with E-state index in [1.54, 1.807) is 37.3 Å². The highest BCUT2D eigenvalue weighted by Crippen LogP contribution is 2.27. The van der Waals surface area contributed by atoms with Gasteiger partial charge in [-0.25, -0.2) is 9.18 Å². The van der Waals surface area contributed by atoms with Gasteiger partial charge in [0.15, 0.2) is 0 Å². The van der Waals surface area contributed by atoms with Crippen LogP contribution in [0.4, 0.5) is 10.1 Å². The first-order valence-electron chi connectivity index (χ1n) is 8.54. The molecule has 0 radical (unpaired) electrons. The van der Waals surface area contributed by atoms with Gasteiger partial charge in [0.1, 0.15) is 5.82 Å². The van der Waals surface area contributed by atoms with E-state index >= 15 is 0 Å². The smallest absolute Gasteiger partial charge is 0.339 e. The number of hydrogen-bond acceptors (Lipinski definition) is 4. The molecule has 0 spiro atoms. The number of aliphatic carboxylic acids is 1. The molecule has 2 aromatic carbocycles. The first kappa shape index (κ1) is 21.4. The Kier molecular flexibility index (Phi) is 7.52. The molecule has 0 fully saturated rings. The van der Waals surface area contributed by atoms with Crippen LogP contribution < -0.4 is 5.32 Å². The summed E-state index contributed by atoms with van der Waals surface area (Å²) in [6.07, 6.45) is -0.429. The van der Waals surface area contributed by atoms with Gasteiger partial charge in [0.05, 0.1) is 29.3 Å². The van der Waals surface area contributed by atoms with Crippen molar-refractivity contribution in [2.45, 2.75) is 25.7 Å². The van der Waals surface area contributed by atoms with E-state index in [-0.39, 0.29) is 35.7 Å². The van der Waals surface area contributed by atoms with Crippen LogP contribution in [-0.4, -0.2) is 29.6 Å². The van der Waals surface area contributed by atoms with Gasteiger partial charge in [-0.1, -0.05) is 41.9 Å². The number of nitrogens with one attached hydrogen (secondary N) is 1. The van der Waals surface area contributed by atoms with E-state index in [1.807, 2.05) is 0 Å². The molecule has 0 bridgehead atoms. The Hall–Kier alpha value is -2.93. The van der Waals surface area contributed by atoms with Gasteiger partial charge in [-0.3, -0.25) is 9.59 Å². The summed E-state index contributed by atoms with van der Waals surface area (Å²) < 4.78 is 19.0. The van der Waals surface area contributed by atoms with E-state index in [9.17, 15) is 18.8 Å². The van der Waals surface area contributed by atoms with Crippen molar-refractivity contribution in [2.75, 3.05) is 11.9 Å². The molecule has 1 atom stereocenters. The van der Waals surface area contributed by atoms with Gasteiger partial charge in [-0.15, -0.1) is 0 Å². The van der Waals surface area contributed by atoms with Crippen LogP contribution in [0.5, 0.6) is 0 Å². The van der Waals surface area contributed by atoms with Crippen LogP contribution >= 0.6 is 11.6 Å². The Balaban J connectivity index is 2.19. The first-order chi connectivity index (χ1) is 13.3. The molecular weight excluding hydrogens is 389 g/mol. The van der Waals surface area contributed by atoms with E-state index in [0.717, 1.165) is 12.1 Å². The number of esters is 1. The third-order valence-corrected chi connectivity index (χ3v) is 4.26. The molecule has 0 saturated heterocycles. The molecule has 2 aromatic rings. The third kappa shape index (κ3) is 5.79. The molecule has 1 amide bonds. The molecule has 2 N–H and O–H groups in total. The highest BCUT2D eigenvalue weighted by atomic mass is 35.5. The van der Waals surface area contributed by atoms with Crippen molar-refractivity contribution in [3.8, 4) is 0 Å². The van der Waals surface area contributed by atoms with E-state index < -0.39 is 29.6 Å². The summed E-state index contributed by atoms with van der Waals surface area (Å²) in [6, 6.07) is 10.7. The second-order valence-electron chi connectivity index (χ2n) is 5.99. The van der Waals surface area contributed by atoms with Crippen molar-refractivity contribution in [3.05, 3.63) is 64.4 Å². The highest BCUT2D eigenvalue weighted by Gasteiger charge is 2.21. The number of carboxylic acid groups (broad SMARTS) is 1.